The van der Waals surface area contributed by atoms with E-state index in [4.69, 9.17) is 0 Å². The Kier molecular flexibility index (Phi) is 3.78. The van der Waals surface area contributed by atoms with Crippen LogP contribution >= 0.6 is 0 Å². The Labute approximate surface area is 125 Å². The summed E-state index contributed by atoms with van der Waals surface area (Å²) in [7, 11) is 0. The Morgan fingerprint density at radius 3 is 2.14 bits per heavy atom. The van der Waals surface area contributed by atoms with E-state index in [9.17, 15) is 9.90 Å². The Hall–Kier alpha value is -2.09. The van der Waals surface area contributed by atoms with Crippen LogP contribution in [0, 0.1) is 0 Å². The van der Waals surface area contributed by atoms with Crippen LogP contribution < -0.4 is 0 Å². The summed E-state index contributed by atoms with van der Waals surface area (Å²) >= 11 is 0. The van der Waals surface area contributed by atoms with E-state index in [2.05, 4.69) is 24.3 Å². The molecule has 1 fully saturated rings. The highest BCUT2D eigenvalue weighted by Gasteiger charge is 2.37. The van der Waals surface area contributed by atoms with Gasteiger partial charge in [-0.3, -0.25) is 0 Å². The van der Waals surface area contributed by atoms with Crippen molar-refractivity contribution in [3.8, 4) is 0 Å². The van der Waals surface area contributed by atoms with Crippen molar-refractivity contribution in [3.63, 3.8) is 0 Å². The first-order valence-electron chi connectivity index (χ1n) is 7.62. The minimum Gasteiger partial charge on any atom is -0.478 e. The Morgan fingerprint density at radius 2 is 1.48 bits per heavy atom. The Balaban J connectivity index is 2.19. The van der Waals surface area contributed by atoms with Gasteiger partial charge in [0.2, 0.25) is 0 Å². The lowest BCUT2D eigenvalue weighted by Gasteiger charge is -2.39. The molecule has 2 aromatic rings. The van der Waals surface area contributed by atoms with Crippen LogP contribution in [0.25, 0.3) is 0 Å². The molecule has 1 saturated carbocycles. The fourth-order valence-corrected chi connectivity index (χ4v) is 3.71. The number of hydrogen-bond donors (Lipinski definition) is 1. The number of aromatic carboxylic acids is 1. The van der Waals surface area contributed by atoms with E-state index in [1.807, 2.05) is 24.3 Å². The third kappa shape index (κ3) is 2.46. The predicted molar refractivity (Wildman–Crippen MR) is 83.7 cm³/mol. The minimum absolute atomic E-state index is 0.144. The van der Waals surface area contributed by atoms with Gasteiger partial charge in [-0.2, -0.15) is 0 Å². The zero-order valence-electron chi connectivity index (χ0n) is 12.1. The number of carboxylic acids is 1. The van der Waals surface area contributed by atoms with Gasteiger partial charge in [-0.1, -0.05) is 67.8 Å². The van der Waals surface area contributed by atoms with Gasteiger partial charge in [-0.05, 0) is 30.0 Å². The molecule has 0 radical (unpaired) electrons. The fourth-order valence-electron chi connectivity index (χ4n) is 3.71. The van der Waals surface area contributed by atoms with E-state index in [1.54, 1.807) is 6.07 Å². The molecule has 1 aliphatic rings. The molecule has 0 unspecified atom stereocenters. The first-order chi connectivity index (χ1) is 10.2. The molecule has 2 nitrogen and oxygen atoms in total. The molecule has 1 aliphatic carbocycles. The third-order valence-electron chi connectivity index (χ3n) is 4.71. The van der Waals surface area contributed by atoms with Gasteiger partial charge in [0.05, 0.1) is 5.56 Å². The van der Waals surface area contributed by atoms with Crippen LogP contribution in [-0.2, 0) is 5.41 Å². The van der Waals surface area contributed by atoms with Crippen LogP contribution in [-0.4, -0.2) is 11.1 Å². The topological polar surface area (TPSA) is 37.3 Å². The molecule has 108 valence electrons. The van der Waals surface area contributed by atoms with Gasteiger partial charge in [0.25, 0.3) is 0 Å². The summed E-state index contributed by atoms with van der Waals surface area (Å²) < 4.78 is 0. The second-order valence-corrected chi connectivity index (χ2v) is 5.86. The van der Waals surface area contributed by atoms with E-state index in [-0.39, 0.29) is 5.41 Å². The molecule has 0 bridgehead atoms. The summed E-state index contributed by atoms with van der Waals surface area (Å²) in [4.78, 5) is 11.6. The van der Waals surface area contributed by atoms with E-state index in [1.165, 1.54) is 12.0 Å². The number of benzene rings is 2. The summed E-state index contributed by atoms with van der Waals surface area (Å²) in [6, 6.07) is 17.9. The van der Waals surface area contributed by atoms with Crippen molar-refractivity contribution in [3.05, 3.63) is 71.3 Å². The molecule has 0 aliphatic heterocycles. The maximum atomic E-state index is 11.6. The van der Waals surface area contributed by atoms with Gasteiger partial charge in [0.1, 0.15) is 0 Å². The molecular weight excluding hydrogens is 260 g/mol. The smallest absolute Gasteiger partial charge is 0.335 e. The normalized spacial score (nSPS) is 17.3. The molecule has 0 amide bonds. The highest BCUT2D eigenvalue weighted by molar-refractivity contribution is 5.90. The Bertz CT molecular complexity index is 625. The van der Waals surface area contributed by atoms with Crippen molar-refractivity contribution < 1.29 is 9.90 Å². The molecule has 2 aromatic carbocycles. The van der Waals surface area contributed by atoms with Crippen molar-refractivity contribution in [2.24, 2.45) is 0 Å². The lowest BCUT2D eigenvalue weighted by atomic mass is 9.64. The molecule has 2 heteroatoms. The van der Waals surface area contributed by atoms with Crippen LogP contribution in [0.3, 0.4) is 0 Å². The van der Waals surface area contributed by atoms with E-state index in [0.29, 0.717) is 5.56 Å². The van der Waals surface area contributed by atoms with E-state index < -0.39 is 5.97 Å². The molecular formula is C19H20O2. The van der Waals surface area contributed by atoms with Gasteiger partial charge in [0.15, 0.2) is 0 Å². The van der Waals surface area contributed by atoms with Crippen molar-refractivity contribution >= 4 is 5.97 Å². The molecule has 0 aromatic heterocycles. The SMILES string of the molecule is O=C(O)c1ccccc1C1(c2ccccc2)CCCCC1. The molecule has 0 saturated heterocycles. The van der Waals surface area contributed by atoms with Crippen LogP contribution in [0.4, 0.5) is 0 Å². The van der Waals surface area contributed by atoms with Gasteiger partial charge in [-0.25, -0.2) is 4.79 Å². The van der Waals surface area contributed by atoms with Crippen LogP contribution in [0.1, 0.15) is 53.6 Å². The summed E-state index contributed by atoms with van der Waals surface area (Å²) in [6.45, 7) is 0. The van der Waals surface area contributed by atoms with Gasteiger partial charge < -0.3 is 5.11 Å². The monoisotopic (exact) mass is 280 g/mol. The number of carboxylic acid groups (broad SMARTS) is 1. The van der Waals surface area contributed by atoms with Crippen LogP contribution in [0.2, 0.25) is 0 Å². The summed E-state index contributed by atoms with van der Waals surface area (Å²) in [5, 5.41) is 9.56. The lowest BCUT2D eigenvalue weighted by molar-refractivity contribution is 0.0693. The second kappa shape index (κ2) is 5.72. The highest BCUT2D eigenvalue weighted by atomic mass is 16.4. The van der Waals surface area contributed by atoms with Crippen LogP contribution in [0.15, 0.2) is 54.6 Å². The summed E-state index contributed by atoms with van der Waals surface area (Å²) in [6.07, 6.45) is 5.61. The Morgan fingerprint density at radius 1 is 0.857 bits per heavy atom. The van der Waals surface area contributed by atoms with Gasteiger partial charge in [0, 0.05) is 5.41 Å². The average Bonchev–Trinajstić information content (AvgIpc) is 2.56. The maximum absolute atomic E-state index is 11.6. The zero-order chi connectivity index (χ0) is 14.7. The summed E-state index contributed by atoms with van der Waals surface area (Å²) in [5.41, 5.74) is 2.53. The number of carbonyl (C=O) groups is 1. The zero-order valence-corrected chi connectivity index (χ0v) is 12.1. The lowest BCUT2D eigenvalue weighted by Crippen LogP contribution is -2.32. The molecule has 0 atom stereocenters. The van der Waals surface area contributed by atoms with E-state index >= 15 is 0 Å². The van der Waals surface area contributed by atoms with E-state index in [0.717, 1.165) is 31.2 Å². The molecule has 3 rings (SSSR count). The molecule has 1 N–H and O–H groups in total. The number of hydrogen-bond acceptors (Lipinski definition) is 1. The standard InChI is InChI=1S/C19H20O2/c20-18(21)16-11-5-6-12-17(16)19(13-7-2-8-14-19)15-9-3-1-4-10-15/h1,3-6,9-12H,2,7-8,13-14H2,(H,20,21). The quantitative estimate of drug-likeness (QED) is 0.889. The fraction of sp³-hybridized carbons (Fsp3) is 0.316. The number of rotatable bonds is 3. The van der Waals surface area contributed by atoms with Crippen molar-refractivity contribution in [1.82, 2.24) is 0 Å². The average molecular weight is 280 g/mol. The highest BCUT2D eigenvalue weighted by Crippen LogP contribution is 2.45. The molecule has 21 heavy (non-hydrogen) atoms. The second-order valence-electron chi connectivity index (χ2n) is 5.86. The molecule has 0 spiro atoms. The maximum Gasteiger partial charge on any atom is 0.335 e. The summed E-state index contributed by atoms with van der Waals surface area (Å²) in [5.74, 6) is -0.827. The molecule has 0 heterocycles. The predicted octanol–water partition coefficient (Wildman–Crippen LogP) is 4.64. The van der Waals surface area contributed by atoms with Crippen molar-refractivity contribution in [1.29, 1.82) is 0 Å². The first kappa shape index (κ1) is 13.9. The first-order valence-corrected chi connectivity index (χ1v) is 7.62. The largest absolute Gasteiger partial charge is 0.478 e. The minimum atomic E-state index is -0.827. The van der Waals surface area contributed by atoms with Crippen molar-refractivity contribution in [2.45, 2.75) is 37.5 Å². The van der Waals surface area contributed by atoms with Crippen LogP contribution in [0.5, 0.6) is 0 Å². The van der Waals surface area contributed by atoms with Gasteiger partial charge >= 0.3 is 5.97 Å². The van der Waals surface area contributed by atoms with Crippen molar-refractivity contribution in [2.75, 3.05) is 0 Å². The third-order valence-corrected chi connectivity index (χ3v) is 4.71. The van der Waals surface area contributed by atoms with Gasteiger partial charge in [-0.15, -0.1) is 0 Å².